The third-order valence-corrected chi connectivity index (χ3v) is 6.15. The van der Waals surface area contributed by atoms with Gasteiger partial charge in [0.25, 0.3) is 0 Å². The Morgan fingerprint density at radius 1 is 1.33 bits per heavy atom. The lowest BCUT2D eigenvalue weighted by molar-refractivity contribution is 0.284. The monoisotopic (exact) mass is 253 g/mol. The minimum Gasteiger partial charge on any atom is -0.212 e. The van der Waals surface area contributed by atoms with Crippen molar-refractivity contribution in [1.29, 1.82) is 0 Å². The van der Waals surface area contributed by atoms with Gasteiger partial charge in [-0.05, 0) is 19.8 Å². The second kappa shape index (κ2) is 5.51. The second-order valence-corrected chi connectivity index (χ2v) is 7.04. The molecule has 1 fully saturated rings. The molecule has 15 heavy (non-hydrogen) atoms. The highest BCUT2D eigenvalue weighted by atomic mass is 35.5. The van der Waals surface area contributed by atoms with Crippen molar-refractivity contribution in [2.75, 3.05) is 12.9 Å². The van der Waals surface area contributed by atoms with E-state index in [4.69, 9.17) is 11.6 Å². The first-order valence-corrected chi connectivity index (χ1v) is 7.56. The minimum absolute atomic E-state index is 0.166. The van der Waals surface area contributed by atoms with Crippen molar-refractivity contribution in [2.24, 2.45) is 0 Å². The Hall–Kier alpha value is 0.200. The van der Waals surface area contributed by atoms with Crippen molar-refractivity contribution in [3.8, 4) is 0 Å². The Bertz CT molecular complexity index is 286. The number of nitrogens with zero attached hydrogens (tertiary/aromatic N) is 1. The van der Waals surface area contributed by atoms with Crippen LogP contribution < -0.4 is 0 Å². The Balaban J connectivity index is 2.69. The number of hydrogen-bond donors (Lipinski definition) is 0. The summed E-state index contributed by atoms with van der Waals surface area (Å²) in [6.07, 6.45) is 5.49. The van der Waals surface area contributed by atoms with E-state index in [2.05, 4.69) is 0 Å². The number of rotatable bonds is 4. The molecule has 5 heteroatoms. The van der Waals surface area contributed by atoms with Crippen molar-refractivity contribution in [3.63, 3.8) is 0 Å². The van der Waals surface area contributed by atoms with Gasteiger partial charge in [-0.1, -0.05) is 19.3 Å². The summed E-state index contributed by atoms with van der Waals surface area (Å²) >= 11 is 5.61. The first-order chi connectivity index (χ1) is 7.00. The van der Waals surface area contributed by atoms with Gasteiger partial charge in [-0.15, -0.1) is 11.6 Å². The Morgan fingerprint density at radius 2 is 1.87 bits per heavy atom. The van der Waals surface area contributed by atoms with Crippen molar-refractivity contribution in [3.05, 3.63) is 0 Å². The largest absolute Gasteiger partial charge is 0.217 e. The van der Waals surface area contributed by atoms with Crippen LogP contribution in [0.5, 0.6) is 0 Å². The van der Waals surface area contributed by atoms with Crippen molar-refractivity contribution >= 4 is 21.6 Å². The van der Waals surface area contributed by atoms with Crippen LogP contribution in [0.2, 0.25) is 0 Å². The summed E-state index contributed by atoms with van der Waals surface area (Å²) in [6, 6.07) is 0.189. The van der Waals surface area contributed by atoms with Crippen LogP contribution in [0.1, 0.15) is 39.0 Å². The summed E-state index contributed by atoms with van der Waals surface area (Å²) in [4.78, 5) is 0. The van der Waals surface area contributed by atoms with E-state index in [-0.39, 0.29) is 11.9 Å². The molecular weight excluding hydrogens is 234 g/mol. The average Bonchev–Trinajstić information content (AvgIpc) is 2.28. The number of sulfonamides is 1. The standard InChI is InChI=1S/C10H20ClNO2S/c1-9(8-11)15(13,14)12(2)10-6-4-3-5-7-10/h9-10H,3-8H2,1-2H3. The highest BCUT2D eigenvalue weighted by Crippen LogP contribution is 2.24. The molecule has 1 saturated carbocycles. The smallest absolute Gasteiger partial charge is 0.212 e. The number of hydrogen-bond acceptors (Lipinski definition) is 2. The fourth-order valence-electron chi connectivity index (χ4n) is 2.02. The van der Waals surface area contributed by atoms with Crippen LogP contribution in [0.3, 0.4) is 0 Å². The van der Waals surface area contributed by atoms with Gasteiger partial charge in [0.2, 0.25) is 10.0 Å². The summed E-state index contributed by atoms with van der Waals surface area (Å²) in [5, 5.41) is -0.480. The summed E-state index contributed by atoms with van der Waals surface area (Å²) in [5.41, 5.74) is 0. The summed E-state index contributed by atoms with van der Waals surface area (Å²) in [5.74, 6) is 0.166. The van der Waals surface area contributed by atoms with Gasteiger partial charge in [0.15, 0.2) is 0 Å². The molecule has 0 spiro atoms. The van der Waals surface area contributed by atoms with Gasteiger partial charge in [-0.3, -0.25) is 0 Å². The molecule has 0 aromatic carbocycles. The molecule has 0 radical (unpaired) electrons. The lowest BCUT2D eigenvalue weighted by atomic mass is 9.96. The van der Waals surface area contributed by atoms with Crippen molar-refractivity contribution in [1.82, 2.24) is 4.31 Å². The van der Waals surface area contributed by atoms with Crippen molar-refractivity contribution < 1.29 is 8.42 Å². The molecule has 1 rings (SSSR count). The number of halogens is 1. The molecule has 1 atom stereocenters. The predicted molar refractivity (Wildman–Crippen MR) is 63.7 cm³/mol. The summed E-state index contributed by atoms with van der Waals surface area (Å²) in [6.45, 7) is 1.67. The maximum atomic E-state index is 12.0. The van der Waals surface area contributed by atoms with Gasteiger partial charge in [-0.2, -0.15) is 0 Å². The summed E-state index contributed by atoms with van der Waals surface area (Å²) in [7, 11) is -1.50. The molecule has 0 aromatic rings. The van der Waals surface area contributed by atoms with E-state index in [1.165, 1.54) is 6.42 Å². The zero-order valence-corrected chi connectivity index (χ0v) is 11.0. The molecule has 0 saturated heterocycles. The van der Waals surface area contributed by atoms with Gasteiger partial charge in [0.1, 0.15) is 0 Å². The molecule has 3 nitrogen and oxygen atoms in total. The fourth-order valence-corrected chi connectivity index (χ4v) is 3.85. The quantitative estimate of drug-likeness (QED) is 0.721. The lowest BCUT2D eigenvalue weighted by Crippen LogP contribution is -2.43. The molecule has 0 aliphatic heterocycles. The SMILES string of the molecule is CC(CCl)S(=O)(=O)N(C)C1CCCCC1. The zero-order valence-electron chi connectivity index (χ0n) is 9.45. The topological polar surface area (TPSA) is 37.4 Å². The summed E-state index contributed by atoms with van der Waals surface area (Å²) < 4.78 is 25.5. The average molecular weight is 254 g/mol. The van der Waals surface area contributed by atoms with Crippen LogP contribution in [-0.2, 0) is 10.0 Å². The molecule has 0 amide bonds. The number of alkyl halides is 1. The molecule has 0 N–H and O–H groups in total. The zero-order chi connectivity index (χ0) is 11.5. The van der Waals surface area contributed by atoms with E-state index in [0.717, 1.165) is 25.7 Å². The van der Waals surface area contributed by atoms with Crippen LogP contribution >= 0.6 is 11.6 Å². The van der Waals surface area contributed by atoms with E-state index >= 15 is 0 Å². The van der Waals surface area contributed by atoms with Crippen LogP contribution in [0.4, 0.5) is 0 Å². The Labute approximate surface area is 97.8 Å². The molecule has 0 aromatic heterocycles. The van der Waals surface area contributed by atoms with Crippen LogP contribution in [0, 0.1) is 0 Å². The maximum Gasteiger partial charge on any atom is 0.217 e. The van der Waals surface area contributed by atoms with Gasteiger partial charge in [0.05, 0.1) is 5.25 Å². The lowest BCUT2D eigenvalue weighted by Gasteiger charge is -2.31. The van der Waals surface area contributed by atoms with Gasteiger partial charge in [-0.25, -0.2) is 12.7 Å². The highest BCUT2D eigenvalue weighted by Gasteiger charge is 2.31. The predicted octanol–water partition coefficient (Wildman–Crippen LogP) is 2.21. The third-order valence-electron chi connectivity index (χ3n) is 3.22. The van der Waals surface area contributed by atoms with E-state index in [9.17, 15) is 8.42 Å². The van der Waals surface area contributed by atoms with E-state index in [1.807, 2.05) is 0 Å². The minimum atomic E-state index is -3.19. The van der Waals surface area contributed by atoms with Crippen LogP contribution in [-0.4, -0.2) is 36.9 Å². The Kier molecular flexibility index (Phi) is 4.87. The van der Waals surface area contributed by atoms with E-state index < -0.39 is 15.3 Å². The van der Waals surface area contributed by atoms with Crippen molar-refractivity contribution in [2.45, 2.75) is 50.3 Å². The molecule has 90 valence electrons. The van der Waals surface area contributed by atoms with Gasteiger partial charge < -0.3 is 0 Å². The molecule has 1 aliphatic rings. The molecule has 1 aliphatic carbocycles. The maximum absolute atomic E-state index is 12.0. The van der Waals surface area contributed by atoms with Gasteiger partial charge in [0, 0.05) is 19.0 Å². The normalized spacial score (nSPS) is 21.9. The second-order valence-electron chi connectivity index (χ2n) is 4.32. The first-order valence-electron chi connectivity index (χ1n) is 5.53. The van der Waals surface area contributed by atoms with E-state index in [0.29, 0.717) is 0 Å². The van der Waals surface area contributed by atoms with E-state index in [1.54, 1.807) is 18.3 Å². The molecular formula is C10H20ClNO2S. The Morgan fingerprint density at radius 3 is 2.33 bits per heavy atom. The first kappa shape index (κ1) is 13.3. The highest BCUT2D eigenvalue weighted by molar-refractivity contribution is 7.89. The third kappa shape index (κ3) is 3.08. The molecule has 0 bridgehead atoms. The van der Waals surface area contributed by atoms with Crippen LogP contribution in [0.15, 0.2) is 0 Å². The van der Waals surface area contributed by atoms with Crippen LogP contribution in [0.25, 0.3) is 0 Å². The van der Waals surface area contributed by atoms with Gasteiger partial charge >= 0.3 is 0 Å². The fraction of sp³-hybridized carbons (Fsp3) is 1.00. The molecule has 1 unspecified atom stereocenters. The molecule has 0 heterocycles.